The van der Waals surface area contributed by atoms with Crippen molar-refractivity contribution in [1.29, 1.82) is 0 Å². The molecule has 1 unspecified atom stereocenters. The van der Waals surface area contributed by atoms with E-state index in [1.807, 2.05) is 21.1 Å². The topological polar surface area (TPSA) is 111 Å². The number of phosphoric acid groups is 1. The molecule has 9 nitrogen and oxygen atoms in total. The average Bonchev–Trinajstić information content (AvgIpc) is 3.30. The van der Waals surface area contributed by atoms with Gasteiger partial charge in [0.05, 0.1) is 27.7 Å². The van der Waals surface area contributed by atoms with Gasteiger partial charge in [-0.3, -0.25) is 14.2 Å². The van der Waals surface area contributed by atoms with Crippen LogP contribution in [0.3, 0.4) is 0 Å². The molecule has 0 radical (unpaired) electrons. The monoisotopic (exact) mass is 982 g/mol. The standard InChI is InChI=1S/C58H112NO8P/c1-6-8-10-12-14-16-18-20-22-24-26-28-29-31-33-35-37-39-41-43-45-47-49-51-58(61)67-56(55-66-68(62,63)65-53-52-59(3,4)5)54-64-57(60)50-48-46-44-42-40-38-36-34-32-30-27-25-23-21-19-17-15-13-11-9-7-2/h35,37,43,45,56H,6-34,36,38-42,44,46-55H2,1-5H3/b37-35+,45-43+/t56-/m1/s1. The zero-order valence-corrected chi connectivity index (χ0v) is 46.5. The summed E-state index contributed by atoms with van der Waals surface area (Å²) < 4.78 is 34.1. The second-order valence-electron chi connectivity index (χ2n) is 21.0. The third-order valence-electron chi connectivity index (χ3n) is 13.0. The van der Waals surface area contributed by atoms with E-state index in [0.717, 1.165) is 44.9 Å². The number of hydrogen-bond donors (Lipinski definition) is 0. The predicted octanol–water partition coefficient (Wildman–Crippen LogP) is 17.2. The van der Waals surface area contributed by atoms with Gasteiger partial charge in [-0.15, -0.1) is 0 Å². The first kappa shape index (κ1) is 66.5. The molecule has 0 rings (SSSR count). The zero-order chi connectivity index (χ0) is 49.9. The van der Waals surface area contributed by atoms with Crippen molar-refractivity contribution in [2.75, 3.05) is 47.5 Å². The highest BCUT2D eigenvalue weighted by Gasteiger charge is 2.21. The number of unbranched alkanes of at least 4 members (excludes halogenated alkanes) is 36. The normalized spacial score (nSPS) is 13.4. The molecular formula is C58H112NO8P. The molecule has 0 amide bonds. The van der Waals surface area contributed by atoms with Gasteiger partial charge in [-0.1, -0.05) is 250 Å². The molecule has 0 aromatic rings. The maximum atomic E-state index is 12.8. The number of esters is 2. The first-order chi connectivity index (χ1) is 33.0. The molecule has 0 aromatic heterocycles. The van der Waals surface area contributed by atoms with Gasteiger partial charge in [-0.05, 0) is 44.9 Å². The average molecular weight is 983 g/mol. The van der Waals surface area contributed by atoms with Gasteiger partial charge in [-0.2, -0.15) is 0 Å². The number of likely N-dealkylation sites (N-methyl/N-ethyl adjacent to an activating group) is 1. The van der Waals surface area contributed by atoms with Gasteiger partial charge in [0.1, 0.15) is 19.8 Å². The summed E-state index contributed by atoms with van der Waals surface area (Å²) >= 11 is 0. The first-order valence-electron chi connectivity index (χ1n) is 29.0. The summed E-state index contributed by atoms with van der Waals surface area (Å²) in [5.41, 5.74) is 0. The highest BCUT2D eigenvalue weighted by Crippen LogP contribution is 2.38. The number of hydrogen-bond acceptors (Lipinski definition) is 8. The highest BCUT2D eigenvalue weighted by atomic mass is 31.2. The van der Waals surface area contributed by atoms with E-state index in [-0.39, 0.29) is 32.0 Å². The van der Waals surface area contributed by atoms with E-state index in [9.17, 15) is 19.0 Å². The van der Waals surface area contributed by atoms with Crippen molar-refractivity contribution < 1.29 is 42.1 Å². The van der Waals surface area contributed by atoms with Crippen LogP contribution in [0.2, 0.25) is 0 Å². The third-order valence-corrected chi connectivity index (χ3v) is 13.9. The fraction of sp³-hybridized carbons (Fsp3) is 0.897. The molecule has 0 aliphatic carbocycles. The summed E-state index contributed by atoms with van der Waals surface area (Å²) in [7, 11) is 1.16. The third kappa shape index (κ3) is 53.8. The number of phosphoric ester groups is 1. The molecule has 2 atom stereocenters. The van der Waals surface area contributed by atoms with Gasteiger partial charge in [-0.25, -0.2) is 0 Å². The van der Waals surface area contributed by atoms with E-state index in [1.165, 1.54) is 205 Å². The molecule has 10 heteroatoms. The molecular weight excluding hydrogens is 870 g/mol. The lowest BCUT2D eigenvalue weighted by atomic mass is 10.0. The smallest absolute Gasteiger partial charge is 0.306 e. The molecule has 0 saturated carbocycles. The Bertz CT molecular complexity index is 1200. The summed E-state index contributed by atoms with van der Waals surface area (Å²) in [5.74, 6) is -0.867. The number of carbonyl (C=O) groups excluding carboxylic acids is 2. The van der Waals surface area contributed by atoms with Crippen LogP contribution in [0.1, 0.15) is 284 Å². The fourth-order valence-corrected chi connectivity index (χ4v) is 9.17. The maximum absolute atomic E-state index is 12.8. The lowest BCUT2D eigenvalue weighted by Crippen LogP contribution is -2.37. The molecule has 0 aliphatic rings. The summed E-state index contributed by atoms with van der Waals surface area (Å²) in [4.78, 5) is 37.8. The Balaban J connectivity index is 4.19. The van der Waals surface area contributed by atoms with Gasteiger partial charge in [0.25, 0.3) is 7.82 Å². The summed E-state index contributed by atoms with van der Waals surface area (Å²) in [6.07, 6.45) is 59.5. The Kier molecular flexibility index (Phi) is 49.3. The Morgan fingerprint density at radius 1 is 0.441 bits per heavy atom. The van der Waals surface area contributed by atoms with Crippen molar-refractivity contribution in [2.24, 2.45) is 0 Å². The minimum absolute atomic E-state index is 0.0352. The summed E-state index contributed by atoms with van der Waals surface area (Å²) in [6.45, 7) is 4.25. The van der Waals surface area contributed by atoms with E-state index < -0.39 is 26.5 Å². The number of quaternary nitrogens is 1. The number of carbonyl (C=O) groups is 2. The van der Waals surface area contributed by atoms with Crippen LogP contribution in [-0.2, 0) is 32.7 Å². The minimum atomic E-state index is -4.64. The molecule has 0 saturated heterocycles. The van der Waals surface area contributed by atoms with E-state index in [0.29, 0.717) is 17.4 Å². The SMILES string of the molecule is CCCCCCCCCCCCCCCC/C=C/CC/C=C/CCCC(=O)O[C@H](COC(=O)CCCCCCCCCCCCCCCCCCCCCCC)COP(=O)([O-])OCC[N+](C)(C)C. The Morgan fingerprint density at radius 2 is 0.779 bits per heavy atom. The lowest BCUT2D eigenvalue weighted by molar-refractivity contribution is -0.870. The molecule has 0 spiro atoms. The quantitative estimate of drug-likeness (QED) is 0.0195. The van der Waals surface area contributed by atoms with Gasteiger partial charge in [0, 0.05) is 12.8 Å². The molecule has 0 fully saturated rings. The zero-order valence-electron chi connectivity index (χ0n) is 45.6. The summed E-state index contributed by atoms with van der Waals surface area (Å²) in [6, 6.07) is 0. The van der Waals surface area contributed by atoms with Crippen LogP contribution >= 0.6 is 7.82 Å². The first-order valence-corrected chi connectivity index (χ1v) is 30.5. The van der Waals surface area contributed by atoms with Crippen molar-refractivity contribution in [3.63, 3.8) is 0 Å². The molecule has 0 aromatic carbocycles. The molecule has 402 valence electrons. The van der Waals surface area contributed by atoms with E-state index >= 15 is 0 Å². The van der Waals surface area contributed by atoms with Crippen molar-refractivity contribution in [2.45, 2.75) is 290 Å². The molecule has 0 bridgehead atoms. The molecule has 0 heterocycles. The molecule has 0 N–H and O–H groups in total. The lowest BCUT2D eigenvalue weighted by Gasteiger charge is -2.28. The van der Waals surface area contributed by atoms with Crippen LogP contribution in [0, 0.1) is 0 Å². The minimum Gasteiger partial charge on any atom is -0.756 e. The Morgan fingerprint density at radius 3 is 1.18 bits per heavy atom. The van der Waals surface area contributed by atoms with E-state index in [2.05, 4.69) is 38.2 Å². The van der Waals surface area contributed by atoms with Gasteiger partial charge in [0.2, 0.25) is 0 Å². The number of allylic oxidation sites excluding steroid dienone is 4. The van der Waals surface area contributed by atoms with Crippen molar-refractivity contribution in [3.05, 3.63) is 24.3 Å². The largest absolute Gasteiger partial charge is 0.756 e. The van der Waals surface area contributed by atoms with Crippen molar-refractivity contribution in [3.8, 4) is 0 Å². The predicted molar refractivity (Wildman–Crippen MR) is 287 cm³/mol. The van der Waals surface area contributed by atoms with Crippen LogP contribution in [-0.4, -0.2) is 70.0 Å². The highest BCUT2D eigenvalue weighted by molar-refractivity contribution is 7.45. The second-order valence-corrected chi connectivity index (χ2v) is 22.4. The Labute approximate surface area is 421 Å². The van der Waals surface area contributed by atoms with E-state index in [4.69, 9.17) is 18.5 Å². The second kappa shape index (κ2) is 50.4. The van der Waals surface area contributed by atoms with Gasteiger partial charge >= 0.3 is 11.9 Å². The van der Waals surface area contributed by atoms with Crippen LogP contribution in [0.25, 0.3) is 0 Å². The maximum Gasteiger partial charge on any atom is 0.306 e. The van der Waals surface area contributed by atoms with Crippen molar-refractivity contribution in [1.82, 2.24) is 0 Å². The van der Waals surface area contributed by atoms with Crippen molar-refractivity contribution >= 4 is 19.8 Å². The molecule has 0 aliphatic heterocycles. The fourth-order valence-electron chi connectivity index (χ4n) is 8.44. The van der Waals surface area contributed by atoms with Crippen LogP contribution < -0.4 is 4.89 Å². The number of ether oxygens (including phenoxy) is 2. The van der Waals surface area contributed by atoms with Crippen LogP contribution in [0.5, 0.6) is 0 Å². The van der Waals surface area contributed by atoms with Crippen LogP contribution in [0.15, 0.2) is 24.3 Å². The number of rotatable bonds is 54. The Hall–Kier alpha value is -1.51. The van der Waals surface area contributed by atoms with Gasteiger partial charge in [0.15, 0.2) is 6.10 Å². The molecule has 68 heavy (non-hydrogen) atoms. The summed E-state index contributed by atoms with van der Waals surface area (Å²) in [5, 5.41) is 0. The van der Waals surface area contributed by atoms with Crippen LogP contribution in [0.4, 0.5) is 0 Å². The number of nitrogens with zero attached hydrogens (tertiary/aromatic N) is 1. The van der Waals surface area contributed by atoms with Gasteiger partial charge < -0.3 is 27.9 Å². The van der Waals surface area contributed by atoms with E-state index in [1.54, 1.807) is 0 Å².